The van der Waals surface area contributed by atoms with Crippen LogP contribution < -0.4 is 4.57 Å². The van der Waals surface area contributed by atoms with Crippen molar-refractivity contribution in [1.82, 2.24) is 4.98 Å². The molecule has 1 unspecified atom stereocenters. The first-order valence-electron chi connectivity index (χ1n) is 14.9. The molecular weight excluding hydrogens is 444 g/mol. The Labute approximate surface area is 219 Å². The number of fused-ring (bicyclic) bond motifs is 2. The van der Waals surface area contributed by atoms with Gasteiger partial charge in [0.15, 0.2) is 11.7 Å². The van der Waals surface area contributed by atoms with Crippen molar-refractivity contribution < 1.29 is 14.1 Å². The minimum atomic E-state index is -0.250. The molecular formula is C32H51N2O2+. The number of aromatic nitrogens is 2. The molecule has 1 aliphatic heterocycles. The maximum absolute atomic E-state index is 12.6. The second kappa shape index (κ2) is 14.0. The lowest BCUT2D eigenvalue weighted by Gasteiger charge is -2.11. The number of esters is 1. The smallest absolute Gasteiger partial charge is 0.355 e. The fourth-order valence-electron chi connectivity index (χ4n) is 5.97. The summed E-state index contributed by atoms with van der Waals surface area (Å²) in [5.74, 6) is -0.250. The highest BCUT2D eigenvalue weighted by Gasteiger charge is 2.36. The molecule has 200 valence electrons. The minimum Gasteiger partial charge on any atom is -0.461 e. The SMILES string of the molecule is CCCCCCCCCCCCCCCc1c2c(C)c(C(=O)OCC)[nH]c2cc2[n+]1C(C)C(C)=C2C. The molecule has 0 bridgehead atoms. The van der Waals surface area contributed by atoms with Crippen LogP contribution in [0, 0.1) is 6.92 Å². The van der Waals surface area contributed by atoms with Crippen LogP contribution in [-0.2, 0) is 11.2 Å². The monoisotopic (exact) mass is 495 g/mol. The van der Waals surface area contributed by atoms with Crippen molar-refractivity contribution in [2.24, 2.45) is 0 Å². The Hall–Kier alpha value is -2.10. The summed E-state index contributed by atoms with van der Waals surface area (Å²) in [7, 11) is 0. The molecule has 1 aliphatic rings. The van der Waals surface area contributed by atoms with Crippen LogP contribution in [0.1, 0.15) is 152 Å². The van der Waals surface area contributed by atoms with E-state index in [0.717, 1.165) is 17.5 Å². The van der Waals surface area contributed by atoms with Crippen molar-refractivity contribution in [1.29, 1.82) is 0 Å². The van der Waals surface area contributed by atoms with Gasteiger partial charge in [-0.2, -0.15) is 4.57 Å². The first-order chi connectivity index (χ1) is 17.4. The van der Waals surface area contributed by atoms with Crippen LogP contribution in [0.15, 0.2) is 11.6 Å². The Morgan fingerprint density at radius 1 is 0.889 bits per heavy atom. The van der Waals surface area contributed by atoms with Crippen molar-refractivity contribution in [2.45, 2.75) is 137 Å². The van der Waals surface area contributed by atoms with Gasteiger partial charge < -0.3 is 9.72 Å². The van der Waals surface area contributed by atoms with Crippen LogP contribution >= 0.6 is 0 Å². The molecule has 0 aromatic carbocycles. The largest absolute Gasteiger partial charge is 0.461 e. The zero-order valence-corrected chi connectivity index (χ0v) is 24.0. The summed E-state index contributed by atoms with van der Waals surface area (Å²) < 4.78 is 7.87. The fourth-order valence-corrected chi connectivity index (χ4v) is 5.97. The number of rotatable bonds is 16. The number of nitrogens with one attached hydrogen (secondary N) is 1. The summed E-state index contributed by atoms with van der Waals surface area (Å²) in [4.78, 5) is 16.0. The lowest BCUT2D eigenvalue weighted by Crippen LogP contribution is -2.42. The molecule has 3 heterocycles. The van der Waals surface area contributed by atoms with Gasteiger partial charge in [0, 0.05) is 30.6 Å². The Kier molecular flexibility index (Phi) is 11.1. The van der Waals surface area contributed by atoms with Gasteiger partial charge in [0.25, 0.3) is 0 Å². The zero-order valence-electron chi connectivity index (χ0n) is 24.0. The van der Waals surface area contributed by atoms with Crippen LogP contribution in [0.2, 0.25) is 0 Å². The molecule has 2 aromatic heterocycles. The van der Waals surface area contributed by atoms with Gasteiger partial charge >= 0.3 is 5.97 Å². The number of hydrogen-bond donors (Lipinski definition) is 1. The fraction of sp³-hybridized carbons (Fsp3) is 0.688. The molecule has 0 radical (unpaired) electrons. The predicted molar refractivity (Wildman–Crippen MR) is 152 cm³/mol. The Balaban J connectivity index is 1.59. The third-order valence-corrected chi connectivity index (χ3v) is 8.39. The Morgan fingerprint density at radius 2 is 1.44 bits per heavy atom. The van der Waals surface area contributed by atoms with E-state index in [-0.39, 0.29) is 5.97 Å². The number of allylic oxidation sites excluding steroid dienone is 2. The molecule has 0 aliphatic carbocycles. The predicted octanol–water partition coefficient (Wildman–Crippen LogP) is 8.94. The average Bonchev–Trinajstić information content (AvgIpc) is 3.31. The quantitative estimate of drug-likeness (QED) is 0.143. The van der Waals surface area contributed by atoms with Gasteiger partial charge in [-0.3, -0.25) is 0 Å². The standard InChI is InChI=1S/C32H50N2O2/c1-7-9-10-11-12-13-14-15-16-17-18-19-20-21-28-30-25(5)31(32(35)36-8-2)33-27(30)22-29-24(4)23(3)26(6)34(28)29/h22,26H,7-21H2,1-6H3/p+1. The molecule has 36 heavy (non-hydrogen) atoms. The van der Waals surface area contributed by atoms with Crippen molar-refractivity contribution in [2.75, 3.05) is 6.61 Å². The van der Waals surface area contributed by atoms with Crippen molar-refractivity contribution in [3.8, 4) is 0 Å². The molecule has 4 nitrogen and oxygen atoms in total. The van der Waals surface area contributed by atoms with Crippen molar-refractivity contribution in [3.05, 3.63) is 34.3 Å². The summed E-state index contributed by atoms with van der Waals surface area (Å²) in [5, 5.41) is 1.22. The lowest BCUT2D eigenvalue weighted by atomic mass is 10.0. The van der Waals surface area contributed by atoms with Gasteiger partial charge in [-0.25, -0.2) is 4.79 Å². The number of unbranched alkanes of at least 4 members (excludes halogenated alkanes) is 12. The van der Waals surface area contributed by atoms with E-state index in [4.69, 9.17) is 4.74 Å². The third kappa shape index (κ3) is 6.61. The van der Waals surface area contributed by atoms with Gasteiger partial charge in [-0.15, -0.1) is 0 Å². The second-order valence-corrected chi connectivity index (χ2v) is 11.0. The molecule has 0 amide bonds. The van der Waals surface area contributed by atoms with Crippen LogP contribution in [0.25, 0.3) is 16.5 Å². The topological polar surface area (TPSA) is 46.0 Å². The number of carbonyl (C=O) groups excluding carboxylic acids is 1. The number of nitrogens with zero attached hydrogens (tertiary/aromatic N) is 1. The molecule has 1 atom stereocenters. The van der Waals surface area contributed by atoms with Gasteiger partial charge in [0.2, 0.25) is 5.69 Å². The van der Waals surface area contributed by atoms with E-state index < -0.39 is 0 Å². The Morgan fingerprint density at radius 3 is 2.00 bits per heavy atom. The molecule has 0 spiro atoms. The van der Waals surface area contributed by atoms with E-state index in [9.17, 15) is 4.79 Å². The van der Waals surface area contributed by atoms with Crippen LogP contribution in [0.5, 0.6) is 0 Å². The number of aryl methyl sites for hydroxylation is 2. The normalized spacial score (nSPS) is 15.2. The van der Waals surface area contributed by atoms with E-state index in [0.29, 0.717) is 18.3 Å². The van der Waals surface area contributed by atoms with E-state index in [1.54, 1.807) is 0 Å². The van der Waals surface area contributed by atoms with E-state index in [2.05, 4.69) is 50.2 Å². The summed E-state index contributed by atoms with van der Waals surface area (Å²) in [6.45, 7) is 13.4. The number of ether oxygens (including phenoxy) is 1. The first-order valence-corrected chi connectivity index (χ1v) is 14.9. The molecule has 0 saturated heterocycles. The van der Waals surface area contributed by atoms with E-state index in [1.165, 1.54) is 111 Å². The summed E-state index contributed by atoms with van der Waals surface area (Å²) >= 11 is 0. The molecule has 1 N–H and O–H groups in total. The summed E-state index contributed by atoms with van der Waals surface area (Å²) in [6.07, 6.45) is 18.8. The van der Waals surface area contributed by atoms with Crippen molar-refractivity contribution >= 4 is 22.4 Å². The number of hydrogen-bond acceptors (Lipinski definition) is 2. The average molecular weight is 496 g/mol. The Bertz CT molecular complexity index is 1050. The first kappa shape index (κ1) is 28.5. The van der Waals surface area contributed by atoms with Crippen molar-refractivity contribution in [3.63, 3.8) is 0 Å². The van der Waals surface area contributed by atoms with Gasteiger partial charge in [0.1, 0.15) is 5.69 Å². The highest BCUT2D eigenvalue weighted by Crippen LogP contribution is 2.35. The van der Waals surface area contributed by atoms with E-state index in [1.807, 2.05) is 6.92 Å². The summed E-state index contributed by atoms with van der Waals surface area (Å²) in [6, 6.07) is 2.60. The molecule has 0 fully saturated rings. The lowest BCUT2D eigenvalue weighted by molar-refractivity contribution is -0.713. The van der Waals surface area contributed by atoms with Gasteiger partial charge in [0.05, 0.1) is 17.5 Å². The van der Waals surface area contributed by atoms with E-state index >= 15 is 0 Å². The molecule has 2 aromatic rings. The molecule has 0 saturated carbocycles. The maximum Gasteiger partial charge on any atom is 0.355 e. The third-order valence-electron chi connectivity index (χ3n) is 8.39. The molecule has 3 rings (SSSR count). The van der Waals surface area contributed by atoms with Crippen LogP contribution in [0.4, 0.5) is 0 Å². The number of aromatic amines is 1. The number of pyridine rings is 1. The summed E-state index contributed by atoms with van der Waals surface area (Å²) in [5.41, 5.74) is 8.16. The minimum absolute atomic E-state index is 0.250. The second-order valence-electron chi connectivity index (χ2n) is 11.0. The molecule has 4 heteroatoms. The highest BCUT2D eigenvalue weighted by atomic mass is 16.5. The van der Waals surface area contributed by atoms with Crippen LogP contribution in [-0.4, -0.2) is 17.6 Å². The zero-order chi connectivity index (χ0) is 26.1. The van der Waals surface area contributed by atoms with Crippen LogP contribution in [0.3, 0.4) is 0 Å². The number of carbonyl (C=O) groups is 1. The van der Waals surface area contributed by atoms with Gasteiger partial charge in [-0.05, 0) is 39.7 Å². The van der Waals surface area contributed by atoms with Gasteiger partial charge in [-0.1, -0.05) is 84.0 Å². The maximum atomic E-state index is 12.6. The number of H-pyrrole nitrogens is 1. The highest BCUT2D eigenvalue weighted by molar-refractivity contribution is 5.99.